The first-order valence-corrected chi connectivity index (χ1v) is 9.23. The van der Waals surface area contributed by atoms with E-state index in [9.17, 15) is 4.79 Å². The van der Waals surface area contributed by atoms with E-state index in [2.05, 4.69) is 15.2 Å². The largest absolute Gasteiger partial charge is 0.457 e. The molecule has 27 heavy (non-hydrogen) atoms. The van der Waals surface area contributed by atoms with E-state index in [1.165, 1.54) is 11.8 Å². The Kier molecular flexibility index (Phi) is 5.02. The number of hydrogen-bond donors (Lipinski definition) is 1. The summed E-state index contributed by atoms with van der Waals surface area (Å²) < 4.78 is 11.3. The van der Waals surface area contributed by atoms with Crippen molar-refractivity contribution in [3.63, 3.8) is 0 Å². The van der Waals surface area contributed by atoms with Crippen molar-refractivity contribution in [3.8, 4) is 23.1 Å². The van der Waals surface area contributed by atoms with Gasteiger partial charge in [0.15, 0.2) is 5.78 Å². The predicted octanol–water partition coefficient (Wildman–Crippen LogP) is 4.83. The number of nitrogens with one attached hydrogen (secondary N) is 1. The second kappa shape index (κ2) is 7.92. The molecule has 0 atom stereocenters. The zero-order valence-electron chi connectivity index (χ0n) is 14.2. The van der Waals surface area contributed by atoms with Crippen LogP contribution in [0.4, 0.5) is 0 Å². The van der Waals surface area contributed by atoms with Crippen molar-refractivity contribution in [2.45, 2.75) is 5.22 Å². The molecule has 4 rings (SSSR count). The summed E-state index contributed by atoms with van der Waals surface area (Å²) in [6.07, 6.45) is 1.78. The molecule has 0 amide bonds. The molecule has 2 aromatic heterocycles. The van der Waals surface area contributed by atoms with Crippen LogP contribution >= 0.6 is 11.8 Å². The molecule has 2 aromatic carbocycles. The standard InChI is InChI=1S/C20H15N3O3S/c24-18(13-27-20-23-22-19(26-20)17-7-4-12-21-17)14-8-10-16(11-9-14)25-15-5-2-1-3-6-15/h1-12,21H,13H2. The Hall–Kier alpha value is -3.32. The number of para-hydroxylation sites is 1. The highest BCUT2D eigenvalue weighted by molar-refractivity contribution is 7.99. The molecule has 4 aromatic rings. The smallest absolute Gasteiger partial charge is 0.277 e. The normalized spacial score (nSPS) is 10.7. The first-order valence-electron chi connectivity index (χ1n) is 8.24. The van der Waals surface area contributed by atoms with Crippen LogP contribution in [0.2, 0.25) is 0 Å². The molecule has 0 aliphatic heterocycles. The Balaban J connectivity index is 1.34. The molecule has 0 radical (unpaired) electrons. The van der Waals surface area contributed by atoms with E-state index >= 15 is 0 Å². The summed E-state index contributed by atoms with van der Waals surface area (Å²) in [5.41, 5.74) is 1.35. The summed E-state index contributed by atoms with van der Waals surface area (Å²) in [5, 5.41) is 8.28. The zero-order valence-corrected chi connectivity index (χ0v) is 15.0. The quantitative estimate of drug-likeness (QED) is 0.367. The summed E-state index contributed by atoms with van der Waals surface area (Å²) in [5.74, 6) is 2.02. The Bertz CT molecular complexity index is 1010. The average Bonchev–Trinajstić information content (AvgIpc) is 3.39. The van der Waals surface area contributed by atoms with Gasteiger partial charge >= 0.3 is 0 Å². The third kappa shape index (κ3) is 4.27. The lowest BCUT2D eigenvalue weighted by molar-refractivity contribution is 0.102. The first kappa shape index (κ1) is 17.1. The van der Waals surface area contributed by atoms with Crippen molar-refractivity contribution in [1.82, 2.24) is 15.2 Å². The molecule has 0 fully saturated rings. The van der Waals surface area contributed by atoms with Crippen molar-refractivity contribution in [2.75, 3.05) is 5.75 Å². The summed E-state index contributed by atoms with van der Waals surface area (Å²) in [7, 11) is 0. The third-order valence-corrected chi connectivity index (χ3v) is 4.54. The van der Waals surface area contributed by atoms with Gasteiger partial charge < -0.3 is 14.1 Å². The number of nitrogens with zero attached hydrogens (tertiary/aromatic N) is 2. The summed E-state index contributed by atoms with van der Waals surface area (Å²) >= 11 is 1.21. The fraction of sp³-hybridized carbons (Fsp3) is 0.0500. The maximum atomic E-state index is 12.4. The fourth-order valence-corrected chi connectivity index (χ4v) is 3.04. The maximum absolute atomic E-state index is 12.4. The predicted molar refractivity (Wildman–Crippen MR) is 102 cm³/mol. The van der Waals surface area contributed by atoms with Gasteiger partial charge in [0, 0.05) is 11.8 Å². The van der Waals surface area contributed by atoms with Crippen LogP contribution in [-0.2, 0) is 0 Å². The molecule has 0 bridgehead atoms. The molecular weight excluding hydrogens is 362 g/mol. The summed E-state index contributed by atoms with van der Waals surface area (Å²) in [6.45, 7) is 0. The van der Waals surface area contributed by atoms with Crippen molar-refractivity contribution < 1.29 is 13.9 Å². The van der Waals surface area contributed by atoms with Crippen molar-refractivity contribution >= 4 is 17.5 Å². The van der Waals surface area contributed by atoms with E-state index in [-0.39, 0.29) is 11.5 Å². The number of aromatic nitrogens is 3. The molecular formula is C20H15N3O3S. The monoisotopic (exact) mass is 377 g/mol. The van der Waals surface area contributed by atoms with Crippen molar-refractivity contribution in [1.29, 1.82) is 0 Å². The molecule has 0 saturated heterocycles. The number of aromatic amines is 1. The lowest BCUT2D eigenvalue weighted by Crippen LogP contribution is -2.02. The third-order valence-electron chi connectivity index (χ3n) is 3.72. The number of rotatable bonds is 7. The van der Waals surface area contributed by atoms with Gasteiger partial charge in [-0.1, -0.05) is 30.0 Å². The van der Waals surface area contributed by atoms with Crippen LogP contribution in [0.3, 0.4) is 0 Å². The van der Waals surface area contributed by atoms with Crippen LogP contribution in [0.15, 0.2) is 82.6 Å². The molecule has 0 saturated carbocycles. The van der Waals surface area contributed by atoms with Gasteiger partial charge in [0.05, 0.1) is 5.75 Å². The highest BCUT2D eigenvalue weighted by Gasteiger charge is 2.13. The Labute approximate surface area is 159 Å². The van der Waals surface area contributed by atoms with E-state index in [4.69, 9.17) is 9.15 Å². The van der Waals surface area contributed by atoms with Crippen LogP contribution < -0.4 is 4.74 Å². The van der Waals surface area contributed by atoms with Crippen LogP contribution in [0.25, 0.3) is 11.6 Å². The Morgan fingerprint density at radius 2 is 1.74 bits per heavy atom. The number of H-pyrrole nitrogens is 1. The van der Waals surface area contributed by atoms with E-state index in [0.29, 0.717) is 22.4 Å². The minimum atomic E-state index is -0.0223. The van der Waals surface area contributed by atoms with Gasteiger partial charge in [0.1, 0.15) is 17.2 Å². The number of carbonyl (C=O) groups is 1. The van der Waals surface area contributed by atoms with Crippen LogP contribution in [0.5, 0.6) is 11.5 Å². The number of Topliss-reactive ketones (excluding diaryl/α,β-unsaturated/α-hetero) is 1. The molecule has 7 heteroatoms. The maximum Gasteiger partial charge on any atom is 0.277 e. The number of thioether (sulfide) groups is 1. The lowest BCUT2D eigenvalue weighted by Gasteiger charge is -2.06. The summed E-state index contributed by atoms with van der Waals surface area (Å²) in [6, 6.07) is 20.2. The van der Waals surface area contributed by atoms with Crippen molar-refractivity contribution in [3.05, 3.63) is 78.5 Å². The molecule has 1 N–H and O–H groups in total. The molecule has 6 nitrogen and oxygen atoms in total. The number of hydrogen-bond acceptors (Lipinski definition) is 6. The van der Waals surface area contributed by atoms with Crippen LogP contribution in [0, 0.1) is 0 Å². The van der Waals surface area contributed by atoms with Gasteiger partial charge in [-0.25, -0.2) is 0 Å². The average molecular weight is 377 g/mol. The van der Waals surface area contributed by atoms with Gasteiger partial charge in [0.2, 0.25) is 0 Å². The molecule has 0 aliphatic carbocycles. The molecule has 0 unspecified atom stereocenters. The van der Waals surface area contributed by atoms with E-state index < -0.39 is 0 Å². The number of carbonyl (C=O) groups excluding carboxylic acids is 1. The summed E-state index contributed by atoms with van der Waals surface area (Å²) in [4.78, 5) is 15.4. The highest BCUT2D eigenvalue weighted by atomic mass is 32.2. The Morgan fingerprint density at radius 3 is 2.48 bits per heavy atom. The van der Waals surface area contributed by atoms with E-state index in [1.54, 1.807) is 30.5 Å². The SMILES string of the molecule is O=C(CSc1nnc(-c2ccc[nH]2)o1)c1ccc(Oc2ccccc2)cc1. The minimum Gasteiger partial charge on any atom is -0.457 e. The first-order chi connectivity index (χ1) is 13.3. The van der Waals surface area contributed by atoms with E-state index in [0.717, 1.165) is 11.4 Å². The number of ether oxygens (including phenoxy) is 1. The van der Waals surface area contributed by atoms with Crippen LogP contribution in [0.1, 0.15) is 10.4 Å². The van der Waals surface area contributed by atoms with Gasteiger partial charge in [-0.05, 0) is 48.5 Å². The second-order valence-electron chi connectivity index (χ2n) is 5.61. The second-order valence-corrected chi connectivity index (χ2v) is 6.53. The molecule has 0 spiro atoms. The van der Waals surface area contributed by atoms with Gasteiger partial charge in [-0.15, -0.1) is 10.2 Å². The van der Waals surface area contributed by atoms with Gasteiger partial charge in [-0.2, -0.15) is 0 Å². The highest BCUT2D eigenvalue weighted by Crippen LogP contribution is 2.24. The van der Waals surface area contributed by atoms with Gasteiger partial charge in [-0.3, -0.25) is 4.79 Å². The lowest BCUT2D eigenvalue weighted by atomic mass is 10.1. The molecule has 134 valence electrons. The zero-order chi connectivity index (χ0) is 18.5. The minimum absolute atomic E-state index is 0.0223. The fourth-order valence-electron chi connectivity index (χ4n) is 2.38. The molecule has 2 heterocycles. The molecule has 0 aliphatic rings. The number of benzene rings is 2. The van der Waals surface area contributed by atoms with Crippen molar-refractivity contribution in [2.24, 2.45) is 0 Å². The number of ketones is 1. The van der Waals surface area contributed by atoms with E-state index in [1.807, 2.05) is 42.5 Å². The Morgan fingerprint density at radius 1 is 0.963 bits per heavy atom. The van der Waals surface area contributed by atoms with Gasteiger partial charge in [0.25, 0.3) is 11.1 Å². The topological polar surface area (TPSA) is 81.0 Å². The van der Waals surface area contributed by atoms with Crippen LogP contribution in [-0.4, -0.2) is 26.7 Å².